The number of aromatic nitrogens is 1. The van der Waals surface area contributed by atoms with E-state index in [2.05, 4.69) is 30.7 Å². The van der Waals surface area contributed by atoms with E-state index in [4.69, 9.17) is 4.42 Å². The largest absolute Gasteiger partial charge is 0.444 e. The van der Waals surface area contributed by atoms with E-state index in [1.54, 1.807) is 0 Å². The first kappa shape index (κ1) is 14.6. The van der Waals surface area contributed by atoms with Gasteiger partial charge in [0.05, 0.1) is 12.7 Å². The molecular formula is C16H25N3O2. The molecule has 116 valence electrons. The second-order valence-corrected chi connectivity index (χ2v) is 7.24. The quantitative estimate of drug-likeness (QED) is 0.855. The topological polar surface area (TPSA) is 49.6 Å². The SMILES string of the molecule is CC(C)(C)c1cnc(CN2CCN(C(=O)C3CC3)CC2)o1. The molecule has 1 saturated heterocycles. The predicted molar refractivity (Wildman–Crippen MR) is 79.8 cm³/mol. The fourth-order valence-corrected chi connectivity index (χ4v) is 2.64. The van der Waals surface area contributed by atoms with E-state index >= 15 is 0 Å². The molecule has 5 nitrogen and oxygen atoms in total. The van der Waals surface area contributed by atoms with Crippen LogP contribution in [0.3, 0.4) is 0 Å². The maximum absolute atomic E-state index is 12.0. The number of rotatable bonds is 3. The van der Waals surface area contributed by atoms with Crippen molar-refractivity contribution < 1.29 is 9.21 Å². The molecule has 0 atom stereocenters. The third-order valence-corrected chi connectivity index (χ3v) is 4.26. The maximum Gasteiger partial charge on any atom is 0.225 e. The zero-order valence-electron chi connectivity index (χ0n) is 13.3. The number of carbonyl (C=O) groups excluding carboxylic acids is 1. The van der Waals surface area contributed by atoms with Gasteiger partial charge < -0.3 is 9.32 Å². The minimum Gasteiger partial charge on any atom is -0.444 e. The van der Waals surface area contributed by atoms with Crippen molar-refractivity contribution in [1.29, 1.82) is 0 Å². The molecule has 0 unspecified atom stereocenters. The molecule has 1 aromatic heterocycles. The zero-order chi connectivity index (χ0) is 15.0. The molecule has 1 aromatic rings. The molecule has 1 amide bonds. The molecule has 0 aromatic carbocycles. The van der Waals surface area contributed by atoms with Crippen LogP contribution >= 0.6 is 0 Å². The fourth-order valence-electron chi connectivity index (χ4n) is 2.64. The van der Waals surface area contributed by atoms with Gasteiger partial charge in [-0.05, 0) is 12.8 Å². The van der Waals surface area contributed by atoms with Gasteiger partial charge in [0.1, 0.15) is 5.76 Å². The lowest BCUT2D eigenvalue weighted by atomic mass is 9.94. The molecule has 0 bridgehead atoms. The van der Waals surface area contributed by atoms with Crippen molar-refractivity contribution in [3.05, 3.63) is 17.8 Å². The first-order valence-corrected chi connectivity index (χ1v) is 7.90. The lowest BCUT2D eigenvalue weighted by Gasteiger charge is -2.34. The summed E-state index contributed by atoms with van der Waals surface area (Å²) in [5, 5.41) is 0. The van der Waals surface area contributed by atoms with Crippen LogP contribution in [-0.2, 0) is 16.8 Å². The Balaban J connectivity index is 1.51. The number of hydrogen-bond donors (Lipinski definition) is 0. The van der Waals surface area contributed by atoms with Crippen LogP contribution in [-0.4, -0.2) is 46.9 Å². The molecule has 2 fully saturated rings. The van der Waals surface area contributed by atoms with Crippen molar-refractivity contribution in [1.82, 2.24) is 14.8 Å². The number of piperazine rings is 1. The summed E-state index contributed by atoms with van der Waals surface area (Å²) < 4.78 is 5.84. The monoisotopic (exact) mass is 291 g/mol. The van der Waals surface area contributed by atoms with Crippen LogP contribution in [0.2, 0.25) is 0 Å². The Kier molecular flexibility index (Phi) is 3.78. The van der Waals surface area contributed by atoms with E-state index in [9.17, 15) is 4.79 Å². The Morgan fingerprint density at radius 2 is 1.95 bits per heavy atom. The van der Waals surface area contributed by atoms with Gasteiger partial charge in [0.2, 0.25) is 11.8 Å². The van der Waals surface area contributed by atoms with Crippen molar-refractivity contribution in [2.45, 2.75) is 45.6 Å². The van der Waals surface area contributed by atoms with Gasteiger partial charge in [0, 0.05) is 37.5 Å². The molecular weight excluding hydrogens is 266 g/mol. The molecule has 21 heavy (non-hydrogen) atoms. The zero-order valence-corrected chi connectivity index (χ0v) is 13.3. The van der Waals surface area contributed by atoms with E-state index in [0.717, 1.165) is 57.2 Å². The van der Waals surface area contributed by atoms with Gasteiger partial charge in [-0.1, -0.05) is 20.8 Å². The number of nitrogens with zero attached hydrogens (tertiary/aromatic N) is 3. The van der Waals surface area contributed by atoms with Crippen LogP contribution in [0.15, 0.2) is 10.6 Å². The van der Waals surface area contributed by atoms with E-state index in [1.807, 2.05) is 11.1 Å². The third kappa shape index (κ3) is 3.46. The molecule has 2 aliphatic rings. The van der Waals surface area contributed by atoms with Gasteiger partial charge in [-0.2, -0.15) is 0 Å². The van der Waals surface area contributed by atoms with Gasteiger partial charge in [-0.3, -0.25) is 9.69 Å². The average Bonchev–Trinajstić information content (AvgIpc) is 3.17. The predicted octanol–water partition coefficient (Wildman–Crippen LogP) is 2.03. The number of amides is 1. The summed E-state index contributed by atoms with van der Waals surface area (Å²) in [6, 6.07) is 0. The Bertz CT molecular complexity index is 506. The molecule has 5 heteroatoms. The summed E-state index contributed by atoms with van der Waals surface area (Å²) >= 11 is 0. The Hall–Kier alpha value is -1.36. The van der Waals surface area contributed by atoms with Crippen molar-refractivity contribution in [2.24, 2.45) is 5.92 Å². The third-order valence-electron chi connectivity index (χ3n) is 4.26. The molecule has 1 saturated carbocycles. The maximum atomic E-state index is 12.0. The van der Waals surface area contributed by atoms with Crippen molar-refractivity contribution in [3.8, 4) is 0 Å². The van der Waals surface area contributed by atoms with Gasteiger partial charge in [-0.15, -0.1) is 0 Å². The summed E-state index contributed by atoms with van der Waals surface area (Å²) in [6.45, 7) is 10.6. The fraction of sp³-hybridized carbons (Fsp3) is 0.750. The Morgan fingerprint density at radius 1 is 1.29 bits per heavy atom. The van der Waals surface area contributed by atoms with Crippen LogP contribution in [0.4, 0.5) is 0 Å². The van der Waals surface area contributed by atoms with E-state index in [-0.39, 0.29) is 5.41 Å². The first-order chi connectivity index (χ1) is 9.93. The minimum absolute atomic E-state index is 0.000626. The summed E-state index contributed by atoms with van der Waals surface area (Å²) in [4.78, 5) is 20.7. The van der Waals surface area contributed by atoms with Crippen LogP contribution in [0.25, 0.3) is 0 Å². The highest BCUT2D eigenvalue weighted by Crippen LogP contribution is 2.31. The number of hydrogen-bond acceptors (Lipinski definition) is 4. The molecule has 1 aliphatic heterocycles. The standard InChI is InChI=1S/C16H25N3O2/c1-16(2,3)13-10-17-14(21-13)11-18-6-8-19(9-7-18)15(20)12-4-5-12/h10,12H,4-9,11H2,1-3H3. The van der Waals surface area contributed by atoms with Gasteiger partial charge in [-0.25, -0.2) is 4.98 Å². The number of oxazole rings is 1. The lowest BCUT2D eigenvalue weighted by Crippen LogP contribution is -2.48. The summed E-state index contributed by atoms with van der Waals surface area (Å²) in [5.74, 6) is 2.40. The highest BCUT2D eigenvalue weighted by Gasteiger charge is 2.34. The van der Waals surface area contributed by atoms with Crippen molar-refractivity contribution in [2.75, 3.05) is 26.2 Å². The second kappa shape index (κ2) is 5.44. The molecule has 0 spiro atoms. The summed E-state index contributed by atoms with van der Waals surface area (Å²) in [6.07, 6.45) is 4.01. The van der Waals surface area contributed by atoms with Gasteiger partial charge in [0.15, 0.2) is 0 Å². The van der Waals surface area contributed by atoms with Crippen LogP contribution < -0.4 is 0 Å². The second-order valence-electron chi connectivity index (χ2n) is 7.24. The normalized spacial score (nSPS) is 20.8. The molecule has 2 heterocycles. The first-order valence-electron chi connectivity index (χ1n) is 7.90. The van der Waals surface area contributed by atoms with E-state index in [0.29, 0.717) is 11.8 Å². The van der Waals surface area contributed by atoms with Crippen LogP contribution in [0.1, 0.15) is 45.3 Å². The van der Waals surface area contributed by atoms with Crippen LogP contribution in [0.5, 0.6) is 0 Å². The highest BCUT2D eigenvalue weighted by molar-refractivity contribution is 5.81. The Labute approximate surface area is 126 Å². The molecule has 0 radical (unpaired) electrons. The molecule has 1 aliphatic carbocycles. The van der Waals surface area contributed by atoms with E-state index < -0.39 is 0 Å². The Morgan fingerprint density at radius 3 is 2.48 bits per heavy atom. The van der Waals surface area contributed by atoms with Crippen molar-refractivity contribution in [3.63, 3.8) is 0 Å². The smallest absolute Gasteiger partial charge is 0.225 e. The molecule has 3 rings (SSSR count). The number of carbonyl (C=O) groups is 1. The van der Waals surface area contributed by atoms with Crippen molar-refractivity contribution >= 4 is 5.91 Å². The highest BCUT2D eigenvalue weighted by atomic mass is 16.4. The van der Waals surface area contributed by atoms with Crippen LogP contribution in [0, 0.1) is 5.92 Å². The molecule has 0 N–H and O–H groups in total. The average molecular weight is 291 g/mol. The summed E-state index contributed by atoms with van der Waals surface area (Å²) in [5.41, 5.74) is 0.000626. The lowest BCUT2D eigenvalue weighted by molar-refractivity contribution is -0.134. The minimum atomic E-state index is 0.000626. The summed E-state index contributed by atoms with van der Waals surface area (Å²) in [7, 11) is 0. The van der Waals surface area contributed by atoms with Gasteiger partial charge in [0.25, 0.3) is 0 Å². The van der Waals surface area contributed by atoms with E-state index in [1.165, 1.54) is 0 Å². The van der Waals surface area contributed by atoms with Gasteiger partial charge >= 0.3 is 0 Å².